The lowest BCUT2D eigenvalue weighted by Crippen LogP contribution is -2.32. The molecule has 5 nitrogen and oxygen atoms in total. The number of amides is 1. The third kappa shape index (κ3) is 4.03. The van der Waals surface area contributed by atoms with Gasteiger partial charge in [0.05, 0.1) is 5.92 Å². The van der Waals surface area contributed by atoms with Crippen molar-refractivity contribution >= 4 is 27.8 Å². The van der Waals surface area contributed by atoms with Crippen LogP contribution in [0.3, 0.4) is 0 Å². The molecule has 0 unspecified atom stereocenters. The van der Waals surface area contributed by atoms with Crippen LogP contribution in [0.1, 0.15) is 36.0 Å². The van der Waals surface area contributed by atoms with Gasteiger partial charge in [-0.15, -0.1) is 0 Å². The van der Waals surface area contributed by atoms with E-state index in [9.17, 15) is 9.59 Å². The minimum Gasteiger partial charge on any atom is -0.481 e. The van der Waals surface area contributed by atoms with E-state index < -0.39 is 5.97 Å². The molecule has 0 radical (unpaired) electrons. The summed E-state index contributed by atoms with van der Waals surface area (Å²) in [5.41, 5.74) is 0.575. The molecule has 2 N–H and O–H groups in total. The number of halogens is 1. The molecule has 1 heterocycles. The third-order valence-electron chi connectivity index (χ3n) is 3.74. The Bertz CT molecular complexity index is 499. The zero-order chi connectivity index (χ0) is 14.5. The Labute approximate surface area is 125 Å². The lowest BCUT2D eigenvalue weighted by Gasteiger charge is -2.26. The molecule has 20 heavy (non-hydrogen) atoms. The van der Waals surface area contributed by atoms with Crippen LogP contribution >= 0.6 is 15.9 Å². The smallest absolute Gasteiger partial charge is 0.306 e. The van der Waals surface area contributed by atoms with Gasteiger partial charge in [-0.1, -0.05) is 0 Å². The van der Waals surface area contributed by atoms with Gasteiger partial charge in [-0.25, -0.2) is 4.98 Å². The van der Waals surface area contributed by atoms with Crippen LogP contribution in [-0.2, 0) is 4.79 Å². The van der Waals surface area contributed by atoms with Crippen LogP contribution in [-0.4, -0.2) is 28.5 Å². The first-order valence-corrected chi connectivity index (χ1v) is 7.48. The molecule has 108 valence electrons. The lowest BCUT2D eigenvalue weighted by atomic mass is 9.82. The molecule has 1 fully saturated rings. The van der Waals surface area contributed by atoms with E-state index in [0.717, 1.165) is 12.8 Å². The molecule has 2 rings (SSSR count). The number of carbonyl (C=O) groups is 2. The number of carbonyl (C=O) groups excluding carboxylic acids is 1. The molecule has 0 spiro atoms. The number of rotatable bonds is 4. The highest BCUT2D eigenvalue weighted by molar-refractivity contribution is 9.10. The minimum atomic E-state index is -0.700. The van der Waals surface area contributed by atoms with Gasteiger partial charge >= 0.3 is 5.97 Å². The number of carboxylic acids is 1. The molecule has 1 aliphatic rings. The van der Waals surface area contributed by atoms with Gasteiger partial charge in [0.25, 0.3) is 5.91 Å². The molecule has 1 aromatic heterocycles. The number of nitrogens with one attached hydrogen (secondary N) is 1. The first-order chi connectivity index (χ1) is 9.56. The van der Waals surface area contributed by atoms with E-state index in [0.29, 0.717) is 35.5 Å². The summed E-state index contributed by atoms with van der Waals surface area (Å²) in [6, 6.07) is 3.35. The highest BCUT2D eigenvalue weighted by Crippen LogP contribution is 2.28. The molecule has 6 heteroatoms. The van der Waals surface area contributed by atoms with Crippen molar-refractivity contribution in [1.82, 2.24) is 10.3 Å². The Morgan fingerprint density at radius 1 is 1.35 bits per heavy atom. The maximum atomic E-state index is 12.0. The zero-order valence-corrected chi connectivity index (χ0v) is 12.6. The average molecular weight is 341 g/mol. The highest BCUT2D eigenvalue weighted by Gasteiger charge is 2.26. The first-order valence-electron chi connectivity index (χ1n) is 6.69. The molecule has 0 bridgehead atoms. The van der Waals surface area contributed by atoms with Gasteiger partial charge in [-0.3, -0.25) is 9.59 Å². The number of aliphatic carboxylic acids is 1. The molecular formula is C14H17BrN2O3. The monoisotopic (exact) mass is 340 g/mol. The maximum Gasteiger partial charge on any atom is 0.306 e. The summed E-state index contributed by atoms with van der Waals surface area (Å²) in [7, 11) is 0. The van der Waals surface area contributed by atoms with Crippen LogP contribution in [0.5, 0.6) is 0 Å². The fourth-order valence-electron chi connectivity index (χ4n) is 2.50. The van der Waals surface area contributed by atoms with Crippen molar-refractivity contribution in [2.75, 3.05) is 6.54 Å². The molecular weight excluding hydrogens is 324 g/mol. The van der Waals surface area contributed by atoms with Crippen LogP contribution in [0.2, 0.25) is 0 Å². The van der Waals surface area contributed by atoms with Crippen molar-refractivity contribution in [3.63, 3.8) is 0 Å². The Morgan fingerprint density at radius 3 is 2.65 bits per heavy atom. The Balaban J connectivity index is 1.79. The van der Waals surface area contributed by atoms with E-state index in [1.807, 2.05) is 0 Å². The fourth-order valence-corrected chi connectivity index (χ4v) is 2.86. The van der Waals surface area contributed by atoms with Gasteiger partial charge in [0.2, 0.25) is 0 Å². The van der Waals surface area contributed by atoms with Gasteiger partial charge in [0, 0.05) is 18.3 Å². The highest BCUT2D eigenvalue weighted by atomic mass is 79.9. The largest absolute Gasteiger partial charge is 0.481 e. The van der Waals surface area contributed by atoms with Crippen LogP contribution in [0.4, 0.5) is 0 Å². The first kappa shape index (κ1) is 15.0. The van der Waals surface area contributed by atoms with Gasteiger partial charge in [0.1, 0.15) is 4.60 Å². The quantitative estimate of drug-likeness (QED) is 0.825. The second-order valence-corrected chi connectivity index (χ2v) is 5.95. The van der Waals surface area contributed by atoms with E-state index >= 15 is 0 Å². The van der Waals surface area contributed by atoms with Crippen molar-refractivity contribution < 1.29 is 14.7 Å². The van der Waals surface area contributed by atoms with Gasteiger partial charge in [-0.05, 0) is 59.7 Å². The summed E-state index contributed by atoms with van der Waals surface area (Å²) in [4.78, 5) is 26.8. The summed E-state index contributed by atoms with van der Waals surface area (Å²) >= 11 is 3.23. The summed E-state index contributed by atoms with van der Waals surface area (Å²) in [5.74, 6) is -0.652. The molecule has 0 aromatic carbocycles. The number of pyridine rings is 1. The number of hydrogen-bond donors (Lipinski definition) is 2. The predicted octanol–water partition coefficient (Wildman–Crippen LogP) is 2.46. The Hall–Kier alpha value is -1.43. The molecule has 0 atom stereocenters. The number of carboxylic acid groups (broad SMARTS) is 1. The van der Waals surface area contributed by atoms with E-state index in [2.05, 4.69) is 26.2 Å². The van der Waals surface area contributed by atoms with E-state index in [1.54, 1.807) is 18.3 Å². The summed E-state index contributed by atoms with van der Waals surface area (Å²) in [6.07, 6.45) is 4.71. The van der Waals surface area contributed by atoms with Crippen LogP contribution in [0.15, 0.2) is 22.9 Å². The fraction of sp³-hybridized carbons (Fsp3) is 0.500. The van der Waals surface area contributed by atoms with Gasteiger partial charge < -0.3 is 10.4 Å². The van der Waals surface area contributed by atoms with E-state index in [4.69, 9.17) is 5.11 Å². The summed E-state index contributed by atoms with van der Waals surface area (Å²) in [5, 5.41) is 11.8. The molecule has 1 aliphatic carbocycles. The van der Waals surface area contributed by atoms with Crippen molar-refractivity contribution in [3.05, 3.63) is 28.5 Å². The van der Waals surface area contributed by atoms with Crippen molar-refractivity contribution in [3.8, 4) is 0 Å². The number of aromatic nitrogens is 1. The maximum absolute atomic E-state index is 12.0. The number of hydrogen-bond acceptors (Lipinski definition) is 3. The molecule has 1 saturated carbocycles. The summed E-state index contributed by atoms with van der Waals surface area (Å²) < 4.78 is 0.632. The Morgan fingerprint density at radius 2 is 2.05 bits per heavy atom. The molecule has 1 aromatic rings. The average Bonchev–Trinajstić information content (AvgIpc) is 2.45. The molecule has 1 amide bonds. The van der Waals surface area contributed by atoms with Gasteiger partial charge in [-0.2, -0.15) is 0 Å². The van der Waals surface area contributed by atoms with Crippen molar-refractivity contribution in [1.29, 1.82) is 0 Å². The van der Waals surface area contributed by atoms with E-state index in [-0.39, 0.29) is 11.8 Å². The SMILES string of the molecule is O=C(NCC1CCC(C(=O)O)CC1)c1ccnc(Br)c1. The topological polar surface area (TPSA) is 79.3 Å². The van der Waals surface area contributed by atoms with Crippen molar-refractivity contribution in [2.45, 2.75) is 25.7 Å². The normalized spacial score (nSPS) is 22.2. The standard InChI is InChI=1S/C14H17BrN2O3/c15-12-7-11(5-6-16-12)13(18)17-8-9-1-3-10(4-2-9)14(19)20/h5-7,9-10H,1-4,8H2,(H,17,18)(H,19,20). The zero-order valence-electron chi connectivity index (χ0n) is 11.0. The summed E-state index contributed by atoms with van der Waals surface area (Å²) in [6.45, 7) is 0.602. The number of nitrogens with zero attached hydrogens (tertiary/aromatic N) is 1. The van der Waals surface area contributed by atoms with Crippen LogP contribution in [0.25, 0.3) is 0 Å². The van der Waals surface area contributed by atoms with Crippen molar-refractivity contribution in [2.24, 2.45) is 11.8 Å². The Kier molecular flexibility index (Phi) is 5.11. The second kappa shape index (κ2) is 6.83. The molecule has 0 saturated heterocycles. The minimum absolute atomic E-state index is 0.117. The second-order valence-electron chi connectivity index (χ2n) is 5.13. The van der Waals surface area contributed by atoms with Gasteiger partial charge in [0.15, 0.2) is 0 Å². The predicted molar refractivity (Wildman–Crippen MR) is 77.4 cm³/mol. The third-order valence-corrected chi connectivity index (χ3v) is 4.17. The van der Waals surface area contributed by atoms with Crippen LogP contribution < -0.4 is 5.32 Å². The van der Waals surface area contributed by atoms with E-state index in [1.165, 1.54) is 0 Å². The molecule has 0 aliphatic heterocycles. The lowest BCUT2D eigenvalue weighted by molar-refractivity contribution is -0.143. The van der Waals surface area contributed by atoms with Crippen LogP contribution in [0, 0.1) is 11.8 Å².